The van der Waals surface area contributed by atoms with Gasteiger partial charge in [0.2, 0.25) is 5.75 Å². The fourth-order valence-corrected chi connectivity index (χ4v) is 3.02. The standard InChI is InChI=1S/C22H27N5O5/c1-4-30-17-14-16(15-18(31-5-2)21(17)32-6-3)22(29)23-11-13-27-20(28)9-8-19(25-27)26-12-7-10-24-26/h7-10,12,14-15H,4-6,11,13H2,1-3H3,(H,23,29). The maximum atomic E-state index is 12.8. The van der Waals surface area contributed by atoms with Gasteiger partial charge >= 0.3 is 0 Å². The van der Waals surface area contributed by atoms with Crippen LogP contribution in [-0.4, -0.2) is 51.8 Å². The van der Waals surface area contributed by atoms with E-state index >= 15 is 0 Å². The van der Waals surface area contributed by atoms with E-state index < -0.39 is 0 Å². The summed E-state index contributed by atoms with van der Waals surface area (Å²) in [6, 6.07) is 8.02. The van der Waals surface area contributed by atoms with Gasteiger partial charge < -0.3 is 19.5 Å². The van der Waals surface area contributed by atoms with Gasteiger partial charge in [0.05, 0.1) is 26.4 Å². The number of rotatable bonds is 11. The first-order valence-electron chi connectivity index (χ1n) is 10.5. The van der Waals surface area contributed by atoms with Gasteiger partial charge in [-0.1, -0.05) is 0 Å². The summed E-state index contributed by atoms with van der Waals surface area (Å²) in [4.78, 5) is 24.9. The van der Waals surface area contributed by atoms with E-state index in [4.69, 9.17) is 14.2 Å². The molecule has 2 aromatic heterocycles. The summed E-state index contributed by atoms with van der Waals surface area (Å²) in [5.41, 5.74) is 0.0967. The normalized spacial score (nSPS) is 10.6. The molecular weight excluding hydrogens is 414 g/mol. The monoisotopic (exact) mass is 441 g/mol. The zero-order chi connectivity index (χ0) is 22.9. The fourth-order valence-electron chi connectivity index (χ4n) is 3.02. The second kappa shape index (κ2) is 11.0. The molecule has 1 amide bonds. The Morgan fingerprint density at radius 3 is 2.31 bits per heavy atom. The third kappa shape index (κ3) is 5.45. The molecule has 0 aliphatic rings. The van der Waals surface area contributed by atoms with Crippen LogP contribution in [0, 0.1) is 0 Å². The number of hydrogen-bond donors (Lipinski definition) is 1. The van der Waals surface area contributed by atoms with Gasteiger partial charge in [-0.2, -0.15) is 5.10 Å². The number of nitrogens with zero attached hydrogens (tertiary/aromatic N) is 4. The minimum atomic E-state index is -0.328. The Hall–Kier alpha value is -3.82. The van der Waals surface area contributed by atoms with Crippen LogP contribution in [0.2, 0.25) is 0 Å². The number of ether oxygens (including phenoxy) is 3. The lowest BCUT2D eigenvalue weighted by Crippen LogP contribution is -2.32. The van der Waals surface area contributed by atoms with Crippen molar-refractivity contribution in [2.75, 3.05) is 26.4 Å². The highest BCUT2D eigenvalue weighted by Gasteiger charge is 2.18. The van der Waals surface area contributed by atoms with Crippen LogP contribution in [0.5, 0.6) is 17.2 Å². The molecule has 10 nitrogen and oxygen atoms in total. The van der Waals surface area contributed by atoms with Crippen LogP contribution in [0.1, 0.15) is 31.1 Å². The SMILES string of the molecule is CCOc1cc(C(=O)NCCn2nc(-n3cccn3)ccc2=O)cc(OCC)c1OCC. The number of amides is 1. The molecule has 0 saturated heterocycles. The first-order chi connectivity index (χ1) is 15.6. The Balaban J connectivity index is 1.73. The zero-order valence-corrected chi connectivity index (χ0v) is 18.4. The number of hydrogen-bond acceptors (Lipinski definition) is 7. The molecule has 3 aromatic rings. The van der Waals surface area contributed by atoms with E-state index in [-0.39, 0.29) is 24.6 Å². The Kier molecular flexibility index (Phi) is 7.85. The van der Waals surface area contributed by atoms with Gasteiger partial charge in [-0.3, -0.25) is 9.59 Å². The molecule has 0 aliphatic heterocycles. The molecule has 0 radical (unpaired) electrons. The molecule has 2 heterocycles. The highest BCUT2D eigenvalue weighted by molar-refractivity contribution is 5.95. The smallest absolute Gasteiger partial charge is 0.266 e. The van der Waals surface area contributed by atoms with Crippen molar-refractivity contribution < 1.29 is 19.0 Å². The second-order valence-corrected chi connectivity index (χ2v) is 6.56. The number of nitrogens with one attached hydrogen (secondary N) is 1. The zero-order valence-electron chi connectivity index (χ0n) is 18.4. The van der Waals surface area contributed by atoms with E-state index in [1.807, 2.05) is 20.8 Å². The predicted octanol–water partition coefficient (Wildman–Crippen LogP) is 2.06. The topological polar surface area (TPSA) is 110 Å². The van der Waals surface area contributed by atoms with Crippen LogP contribution in [0.25, 0.3) is 5.82 Å². The summed E-state index contributed by atoms with van der Waals surface area (Å²) in [5.74, 6) is 1.53. The van der Waals surface area contributed by atoms with E-state index in [0.717, 1.165) is 0 Å². The lowest BCUT2D eigenvalue weighted by atomic mass is 10.1. The fraction of sp³-hybridized carbons (Fsp3) is 0.364. The van der Waals surface area contributed by atoms with Crippen molar-refractivity contribution in [2.24, 2.45) is 0 Å². The van der Waals surface area contributed by atoms with Crippen LogP contribution in [0.4, 0.5) is 0 Å². The van der Waals surface area contributed by atoms with Crippen LogP contribution in [-0.2, 0) is 6.54 Å². The highest BCUT2D eigenvalue weighted by Crippen LogP contribution is 2.39. The number of carbonyl (C=O) groups excluding carboxylic acids is 1. The van der Waals surface area contributed by atoms with Gasteiger partial charge in [0.1, 0.15) is 0 Å². The summed E-state index contributed by atoms with van der Waals surface area (Å²) in [7, 11) is 0. The summed E-state index contributed by atoms with van der Waals surface area (Å²) < 4.78 is 19.8. The third-order valence-electron chi connectivity index (χ3n) is 4.37. The van der Waals surface area contributed by atoms with E-state index in [1.54, 1.807) is 41.3 Å². The molecule has 10 heteroatoms. The van der Waals surface area contributed by atoms with Crippen molar-refractivity contribution in [3.05, 3.63) is 58.6 Å². The van der Waals surface area contributed by atoms with E-state index in [1.165, 1.54) is 10.7 Å². The van der Waals surface area contributed by atoms with E-state index in [9.17, 15) is 9.59 Å². The minimum absolute atomic E-state index is 0.202. The van der Waals surface area contributed by atoms with Gasteiger partial charge in [-0.05, 0) is 45.0 Å². The molecule has 0 bridgehead atoms. The summed E-state index contributed by atoms with van der Waals surface area (Å²) >= 11 is 0. The first kappa shape index (κ1) is 22.9. The molecule has 1 N–H and O–H groups in total. The summed E-state index contributed by atoms with van der Waals surface area (Å²) in [6.07, 6.45) is 3.36. The van der Waals surface area contributed by atoms with E-state index in [0.29, 0.717) is 48.5 Å². The molecule has 0 fully saturated rings. The van der Waals surface area contributed by atoms with Crippen LogP contribution in [0.15, 0.2) is 47.5 Å². The van der Waals surface area contributed by atoms with Crippen molar-refractivity contribution in [1.82, 2.24) is 24.9 Å². The lowest BCUT2D eigenvalue weighted by Gasteiger charge is -2.17. The molecular formula is C22H27N5O5. The molecule has 0 unspecified atom stereocenters. The van der Waals surface area contributed by atoms with Crippen LogP contribution in [0.3, 0.4) is 0 Å². The molecule has 0 aliphatic carbocycles. The van der Waals surface area contributed by atoms with Crippen molar-refractivity contribution >= 4 is 5.91 Å². The summed E-state index contributed by atoms with van der Waals surface area (Å²) in [6.45, 7) is 7.24. The molecule has 170 valence electrons. The van der Waals surface area contributed by atoms with Crippen LogP contribution >= 0.6 is 0 Å². The number of benzene rings is 1. The maximum Gasteiger partial charge on any atom is 0.266 e. The van der Waals surface area contributed by atoms with Crippen molar-refractivity contribution in [1.29, 1.82) is 0 Å². The van der Waals surface area contributed by atoms with Gasteiger partial charge in [-0.15, -0.1) is 5.10 Å². The molecule has 32 heavy (non-hydrogen) atoms. The molecule has 0 spiro atoms. The maximum absolute atomic E-state index is 12.8. The van der Waals surface area contributed by atoms with Crippen molar-refractivity contribution in [3.63, 3.8) is 0 Å². The van der Waals surface area contributed by atoms with Crippen LogP contribution < -0.4 is 25.1 Å². The van der Waals surface area contributed by atoms with Crippen molar-refractivity contribution in [2.45, 2.75) is 27.3 Å². The van der Waals surface area contributed by atoms with E-state index in [2.05, 4.69) is 15.5 Å². The quantitative estimate of drug-likeness (QED) is 0.485. The highest BCUT2D eigenvalue weighted by atomic mass is 16.5. The predicted molar refractivity (Wildman–Crippen MR) is 118 cm³/mol. The first-order valence-corrected chi connectivity index (χ1v) is 10.5. The summed E-state index contributed by atoms with van der Waals surface area (Å²) in [5, 5.41) is 11.2. The van der Waals surface area contributed by atoms with Gasteiger partial charge in [0.15, 0.2) is 17.3 Å². The average molecular weight is 441 g/mol. The Labute approximate surface area is 185 Å². The largest absolute Gasteiger partial charge is 0.490 e. The third-order valence-corrected chi connectivity index (χ3v) is 4.37. The number of aromatic nitrogens is 4. The molecule has 0 saturated carbocycles. The lowest BCUT2D eigenvalue weighted by molar-refractivity contribution is 0.0950. The van der Waals surface area contributed by atoms with Gasteiger partial charge in [0, 0.05) is 30.6 Å². The minimum Gasteiger partial charge on any atom is -0.490 e. The number of carbonyl (C=O) groups is 1. The molecule has 3 rings (SSSR count). The molecule has 0 atom stereocenters. The van der Waals surface area contributed by atoms with Gasteiger partial charge in [0.25, 0.3) is 11.5 Å². The van der Waals surface area contributed by atoms with Gasteiger partial charge in [-0.25, -0.2) is 9.36 Å². The Morgan fingerprint density at radius 1 is 1.03 bits per heavy atom. The Bertz CT molecular complexity index is 1070. The second-order valence-electron chi connectivity index (χ2n) is 6.56. The average Bonchev–Trinajstić information content (AvgIpc) is 3.32. The molecule has 1 aromatic carbocycles. The Morgan fingerprint density at radius 2 is 1.72 bits per heavy atom. The van der Waals surface area contributed by atoms with Crippen molar-refractivity contribution in [3.8, 4) is 23.1 Å².